The van der Waals surface area contributed by atoms with E-state index in [4.69, 9.17) is 0 Å². The lowest BCUT2D eigenvalue weighted by atomic mass is 10.1. The molecular formula is C19H20N3O+. The summed E-state index contributed by atoms with van der Waals surface area (Å²) >= 11 is 0. The number of amides is 1. The molecule has 1 heterocycles. The summed E-state index contributed by atoms with van der Waals surface area (Å²) in [7, 11) is 0. The van der Waals surface area contributed by atoms with Gasteiger partial charge in [-0.05, 0) is 18.2 Å². The van der Waals surface area contributed by atoms with Crippen molar-refractivity contribution in [1.82, 2.24) is 5.32 Å². The van der Waals surface area contributed by atoms with Crippen molar-refractivity contribution in [3.63, 3.8) is 0 Å². The highest BCUT2D eigenvalue weighted by Gasteiger charge is 2.12. The van der Waals surface area contributed by atoms with Crippen LogP contribution >= 0.6 is 0 Å². The van der Waals surface area contributed by atoms with Gasteiger partial charge in [-0.3, -0.25) is 4.79 Å². The van der Waals surface area contributed by atoms with Crippen molar-refractivity contribution in [1.29, 1.82) is 0 Å². The molecule has 0 aliphatic carbocycles. The van der Waals surface area contributed by atoms with Crippen LogP contribution in [0, 0.1) is 0 Å². The number of rotatable bonds is 5. The van der Waals surface area contributed by atoms with Gasteiger partial charge in [-0.25, -0.2) is 4.98 Å². The molecule has 1 aromatic heterocycles. The molecule has 0 unspecified atom stereocenters. The minimum absolute atomic E-state index is 0.0111. The molecule has 0 radical (unpaired) electrons. The largest absolute Gasteiger partial charge is 0.382 e. The minimum Gasteiger partial charge on any atom is -0.382 e. The predicted molar refractivity (Wildman–Crippen MR) is 93.1 cm³/mol. The maximum absolute atomic E-state index is 11.0. The molecule has 1 amide bonds. The highest BCUT2D eigenvalue weighted by Crippen LogP contribution is 2.25. The normalized spacial score (nSPS) is 10.5. The van der Waals surface area contributed by atoms with Crippen molar-refractivity contribution < 1.29 is 9.78 Å². The molecule has 4 heteroatoms. The molecule has 4 nitrogen and oxygen atoms in total. The second kappa shape index (κ2) is 6.92. The predicted octanol–water partition coefficient (Wildman–Crippen LogP) is 2.87. The molecule has 0 aliphatic rings. The summed E-state index contributed by atoms with van der Waals surface area (Å²) in [5.41, 5.74) is 4.34. The number of hydrogen-bond acceptors (Lipinski definition) is 2. The first-order chi connectivity index (χ1) is 11.2. The van der Waals surface area contributed by atoms with Crippen molar-refractivity contribution >= 4 is 22.5 Å². The number of H-pyrrole nitrogens is 1. The first kappa shape index (κ1) is 15.0. The Balaban J connectivity index is 1.93. The third kappa shape index (κ3) is 3.66. The van der Waals surface area contributed by atoms with Gasteiger partial charge < -0.3 is 10.6 Å². The topological polar surface area (TPSA) is 55.3 Å². The zero-order chi connectivity index (χ0) is 16.1. The van der Waals surface area contributed by atoms with E-state index < -0.39 is 0 Å². The van der Waals surface area contributed by atoms with Gasteiger partial charge in [0.25, 0.3) is 0 Å². The van der Waals surface area contributed by atoms with E-state index in [0.717, 1.165) is 27.8 Å². The Hall–Kier alpha value is -2.88. The number of para-hydroxylation sites is 1. The standard InChI is InChI=1S/C19H19N3O/c1-14(23)20-11-12-21-19-13-18(15-7-3-2-4-8-15)22-17-10-6-5-9-16(17)19/h2-10,13H,11-12H2,1H3,(H,20,23)(H,21,22)/p+1. The second-order valence-electron chi connectivity index (χ2n) is 5.42. The summed E-state index contributed by atoms with van der Waals surface area (Å²) in [5.74, 6) is -0.0111. The summed E-state index contributed by atoms with van der Waals surface area (Å²) in [6.45, 7) is 2.81. The number of pyridine rings is 1. The maximum atomic E-state index is 11.0. The zero-order valence-corrected chi connectivity index (χ0v) is 13.1. The summed E-state index contributed by atoms with van der Waals surface area (Å²) in [5, 5.41) is 7.35. The van der Waals surface area contributed by atoms with E-state index in [1.807, 2.05) is 30.3 Å². The van der Waals surface area contributed by atoms with Crippen molar-refractivity contribution in [2.24, 2.45) is 0 Å². The number of aromatic amines is 1. The average molecular weight is 306 g/mol. The maximum Gasteiger partial charge on any atom is 0.216 e. The lowest BCUT2D eigenvalue weighted by molar-refractivity contribution is -0.330. The fraction of sp³-hybridized carbons (Fsp3) is 0.158. The molecule has 0 fully saturated rings. The molecule has 0 bridgehead atoms. The quantitative estimate of drug-likeness (QED) is 0.712. The first-order valence-corrected chi connectivity index (χ1v) is 7.73. The third-order valence-electron chi connectivity index (χ3n) is 3.67. The molecule has 3 rings (SSSR count). The lowest BCUT2D eigenvalue weighted by Crippen LogP contribution is -2.26. The van der Waals surface area contributed by atoms with E-state index in [1.165, 1.54) is 6.92 Å². The Morgan fingerprint density at radius 1 is 1.00 bits per heavy atom. The van der Waals surface area contributed by atoms with Gasteiger partial charge in [0.15, 0.2) is 0 Å². The number of fused-ring (bicyclic) bond motifs is 1. The number of carbonyl (C=O) groups excluding carboxylic acids is 1. The molecule has 116 valence electrons. The highest BCUT2D eigenvalue weighted by molar-refractivity contribution is 5.90. The summed E-state index contributed by atoms with van der Waals surface area (Å²) < 4.78 is 0. The smallest absolute Gasteiger partial charge is 0.216 e. The van der Waals surface area contributed by atoms with Crippen molar-refractivity contribution in [3.05, 3.63) is 60.7 Å². The Kier molecular flexibility index (Phi) is 4.52. The van der Waals surface area contributed by atoms with Crippen LogP contribution < -0.4 is 15.6 Å². The second-order valence-corrected chi connectivity index (χ2v) is 5.42. The lowest BCUT2D eigenvalue weighted by Gasteiger charge is -2.09. The Bertz CT molecular complexity index is 815. The van der Waals surface area contributed by atoms with Crippen LogP contribution in [0.5, 0.6) is 0 Å². The van der Waals surface area contributed by atoms with E-state index in [1.54, 1.807) is 0 Å². The molecule has 0 saturated heterocycles. The van der Waals surface area contributed by atoms with E-state index in [0.29, 0.717) is 13.1 Å². The van der Waals surface area contributed by atoms with E-state index in [-0.39, 0.29) is 5.91 Å². The molecule has 0 atom stereocenters. The first-order valence-electron chi connectivity index (χ1n) is 7.73. The zero-order valence-electron chi connectivity index (χ0n) is 13.1. The molecular weight excluding hydrogens is 286 g/mol. The molecule has 23 heavy (non-hydrogen) atoms. The van der Waals surface area contributed by atoms with E-state index in [9.17, 15) is 4.79 Å². The SMILES string of the molecule is CC(=O)NCCNc1cc(-c2ccccc2)[nH+]c2ccccc12. The highest BCUT2D eigenvalue weighted by atomic mass is 16.1. The van der Waals surface area contributed by atoms with Crippen LogP contribution in [0.3, 0.4) is 0 Å². The van der Waals surface area contributed by atoms with Gasteiger partial charge in [-0.2, -0.15) is 0 Å². The van der Waals surface area contributed by atoms with E-state index >= 15 is 0 Å². The fourth-order valence-corrected chi connectivity index (χ4v) is 2.59. The number of carbonyl (C=O) groups is 1. The Morgan fingerprint density at radius 2 is 1.74 bits per heavy atom. The number of benzene rings is 2. The monoisotopic (exact) mass is 306 g/mol. The summed E-state index contributed by atoms with van der Waals surface area (Å²) in [4.78, 5) is 14.4. The van der Waals surface area contributed by atoms with Crippen LogP contribution in [0.25, 0.3) is 22.2 Å². The number of aromatic nitrogens is 1. The average Bonchev–Trinajstić information content (AvgIpc) is 2.59. The summed E-state index contributed by atoms with van der Waals surface area (Å²) in [6, 6.07) is 20.6. The number of hydrogen-bond donors (Lipinski definition) is 2. The van der Waals surface area contributed by atoms with Gasteiger partial charge in [0.1, 0.15) is 0 Å². The van der Waals surface area contributed by atoms with Crippen LogP contribution in [0.2, 0.25) is 0 Å². The minimum atomic E-state index is -0.0111. The molecule has 3 N–H and O–H groups in total. The van der Waals surface area contributed by atoms with Crippen LogP contribution in [0.15, 0.2) is 60.7 Å². The Morgan fingerprint density at radius 3 is 2.52 bits per heavy atom. The van der Waals surface area contributed by atoms with Gasteiger partial charge in [-0.1, -0.05) is 30.3 Å². The van der Waals surface area contributed by atoms with Gasteiger partial charge in [0.2, 0.25) is 17.1 Å². The molecule has 2 aromatic carbocycles. The number of nitrogens with one attached hydrogen (secondary N) is 3. The molecule has 3 aromatic rings. The van der Waals surface area contributed by atoms with Gasteiger partial charge >= 0.3 is 0 Å². The summed E-state index contributed by atoms with van der Waals surface area (Å²) in [6.07, 6.45) is 0. The third-order valence-corrected chi connectivity index (χ3v) is 3.67. The van der Waals surface area contributed by atoms with Gasteiger partial charge in [0, 0.05) is 37.7 Å². The van der Waals surface area contributed by atoms with Gasteiger partial charge in [-0.15, -0.1) is 0 Å². The van der Waals surface area contributed by atoms with Crippen molar-refractivity contribution in [2.75, 3.05) is 18.4 Å². The molecule has 0 saturated carbocycles. The van der Waals surface area contributed by atoms with Crippen LogP contribution in [0.4, 0.5) is 5.69 Å². The van der Waals surface area contributed by atoms with Crippen LogP contribution in [-0.2, 0) is 4.79 Å². The van der Waals surface area contributed by atoms with Gasteiger partial charge in [0.05, 0.1) is 11.1 Å². The van der Waals surface area contributed by atoms with Crippen LogP contribution in [0.1, 0.15) is 6.92 Å². The number of anilines is 1. The van der Waals surface area contributed by atoms with Crippen molar-refractivity contribution in [2.45, 2.75) is 6.92 Å². The molecule has 0 spiro atoms. The van der Waals surface area contributed by atoms with E-state index in [2.05, 4.69) is 45.9 Å². The fourth-order valence-electron chi connectivity index (χ4n) is 2.59. The van der Waals surface area contributed by atoms with Crippen molar-refractivity contribution in [3.8, 4) is 11.3 Å². The van der Waals surface area contributed by atoms with Crippen LogP contribution in [-0.4, -0.2) is 19.0 Å². The Labute approximate surface area is 135 Å². The molecule has 0 aliphatic heterocycles.